The predicted octanol–water partition coefficient (Wildman–Crippen LogP) is 2.36. The third kappa shape index (κ3) is 6.23. The van der Waals surface area contributed by atoms with Crippen LogP contribution in [0.25, 0.3) is 0 Å². The van der Waals surface area contributed by atoms with Crippen molar-refractivity contribution in [2.45, 2.75) is 12.5 Å². The van der Waals surface area contributed by atoms with Crippen LogP contribution in [0.4, 0.5) is 4.79 Å². The zero-order valence-electron chi connectivity index (χ0n) is 11.8. The van der Waals surface area contributed by atoms with E-state index in [1.165, 1.54) is 7.11 Å². The van der Waals surface area contributed by atoms with Gasteiger partial charge in [-0.15, -0.1) is 0 Å². The Morgan fingerprint density at radius 2 is 2.20 bits per heavy atom. The second kappa shape index (κ2) is 9.58. The fourth-order valence-electron chi connectivity index (χ4n) is 1.80. The predicted molar refractivity (Wildman–Crippen MR) is 79.1 cm³/mol. The van der Waals surface area contributed by atoms with Crippen LogP contribution < -0.4 is 10.6 Å². The molecule has 0 aromatic heterocycles. The Hall–Kier alpha value is -1.30. The van der Waals surface area contributed by atoms with E-state index in [-0.39, 0.29) is 6.04 Å². The number of benzene rings is 1. The number of hydrogen-bond acceptors (Lipinski definition) is 4. The largest absolute Gasteiger partial charge is 0.453 e. The zero-order chi connectivity index (χ0) is 14.8. The second-order valence-electron chi connectivity index (χ2n) is 4.22. The lowest BCUT2D eigenvalue weighted by Gasteiger charge is -2.17. The molecule has 1 unspecified atom stereocenters. The van der Waals surface area contributed by atoms with Gasteiger partial charge in [0.25, 0.3) is 0 Å². The molecule has 2 N–H and O–H groups in total. The van der Waals surface area contributed by atoms with E-state index in [0.29, 0.717) is 19.8 Å². The number of rotatable bonds is 8. The van der Waals surface area contributed by atoms with Crippen LogP contribution in [0, 0.1) is 0 Å². The average molecular weight is 301 g/mol. The third-order valence-corrected chi connectivity index (χ3v) is 3.09. The summed E-state index contributed by atoms with van der Waals surface area (Å²) in [7, 11) is 3.24. The fourth-order valence-corrected chi connectivity index (χ4v) is 2.00. The Morgan fingerprint density at radius 1 is 1.40 bits per heavy atom. The lowest BCUT2D eigenvalue weighted by Crippen LogP contribution is -2.27. The molecule has 5 nitrogen and oxygen atoms in total. The molecule has 0 fully saturated rings. The summed E-state index contributed by atoms with van der Waals surface area (Å²) in [6.07, 6.45) is 0.385. The first kappa shape index (κ1) is 16.8. The van der Waals surface area contributed by atoms with Crippen LogP contribution in [0.1, 0.15) is 18.0 Å². The van der Waals surface area contributed by atoms with Crippen molar-refractivity contribution in [3.8, 4) is 0 Å². The zero-order valence-corrected chi connectivity index (χ0v) is 12.6. The van der Waals surface area contributed by atoms with Crippen molar-refractivity contribution in [3.05, 3.63) is 34.9 Å². The minimum Gasteiger partial charge on any atom is -0.453 e. The van der Waals surface area contributed by atoms with Crippen molar-refractivity contribution in [1.82, 2.24) is 10.6 Å². The number of alkyl carbamates (subject to hydrolysis) is 1. The van der Waals surface area contributed by atoms with Crippen molar-refractivity contribution < 1.29 is 14.3 Å². The van der Waals surface area contributed by atoms with Crippen molar-refractivity contribution in [3.63, 3.8) is 0 Å². The highest BCUT2D eigenvalue weighted by Gasteiger charge is 2.09. The molecule has 0 heterocycles. The van der Waals surface area contributed by atoms with Crippen LogP contribution >= 0.6 is 11.6 Å². The summed E-state index contributed by atoms with van der Waals surface area (Å²) in [4.78, 5) is 10.8. The monoisotopic (exact) mass is 300 g/mol. The molecular weight excluding hydrogens is 280 g/mol. The van der Waals surface area contributed by atoms with Gasteiger partial charge in [-0.1, -0.05) is 23.7 Å². The van der Waals surface area contributed by atoms with Gasteiger partial charge in [0.05, 0.1) is 13.7 Å². The van der Waals surface area contributed by atoms with E-state index in [1.807, 2.05) is 31.3 Å². The quantitative estimate of drug-likeness (QED) is 0.724. The van der Waals surface area contributed by atoms with Gasteiger partial charge in [0.2, 0.25) is 0 Å². The number of hydrogen-bond donors (Lipinski definition) is 2. The van der Waals surface area contributed by atoms with Crippen LogP contribution in [0.5, 0.6) is 0 Å². The Morgan fingerprint density at radius 3 is 2.85 bits per heavy atom. The first-order valence-corrected chi connectivity index (χ1v) is 6.87. The average Bonchev–Trinajstić information content (AvgIpc) is 2.46. The molecule has 1 aromatic carbocycles. The number of ether oxygens (including phenoxy) is 2. The summed E-state index contributed by atoms with van der Waals surface area (Å²) in [5.74, 6) is 0. The van der Waals surface area contributed by atoms with E-state index in [9.17, 15) is 4.79 Å². The van der Waals surface area contributed by atoms with Gasteiger partial charge in [0, 0.05) is 24.2 Å². The molecule has 0 aliphatic carbocycles. The third-order valence-electron chi connectivity index (χ3n) is 2.85. The van der Waals surface area contributed by atoms with E-state index in [0.717, 1.165) is 17.0 Å². The lowest BCUT2D eigenvalue weighted by molar-refractivity contribution is 0.121. The molecule has 1 rings (SSSR count). The molecule has 0 saturated carbocycles. The van der Waals surface area contributed by atoms with Crippen molar-refractivity contribution in [2.24, 2.45) is 0 Å². The SMILES string of the molecule is CNC(CCOCCNC(=O)OC)c1cccc(Cl)c1. The molecular formula is C14H21ClN2O3. The van der Waals surface area contributed by atoms with Crippen LogP contribution in [-0.2, 0) is 9.47 Å². The molecule has 0 bridgehead atoms. The van der Waals surface area contributed by atoms with Crippen molar-refractivity contribution in [1.29, 1.82) is 0 Å². The normalized spacial score (nSPS) is 11.9. The minimum atomic E-state index is -0.444. The second-order valence-corrected chi connectivity index (χ2v) is 4.65. The summed E-state index contributed by atoms with van der Waals surface area (Å²) >= 11 is 5.98. The maximum Gasteiger partial charge on any atom is 0.406 e. The number of carbonyl (C=O) groups is 1. The highest BCUT2D eigenvalue weighted by atomic mass is 35.5. The molecule has 6 heteroatoms. The maximum atomic E-state index is 10.8. The Labute approximate surface area is 124 Å². The first-order valence-electron chi connectivity index (χ1n) is 6.49. The van der Waals surface area contributed by atoms with Gasteiger partial charge in [-0.3, -0.25) is 0 Å². The van der Waals surface area contributed by atoms with Gasteiger partial charge in [-0.25, -0.2) is 4.79 Å². The van der Waals surface area contributed by atoms with Crippen molar-refractivity contribution >= 4 is 17.7 Å². The summed E-state index contributed by atoms with van der Waals surface area (Å²) in [6.45, 7) is 1.50. The van der Waals surface area contributed by atoms with E-state index in [2.05, 4.69) is 15.4 Å². The summed E-state index contributed by atoms with van der Waals surface area (Å²) in [5, 5.41) is 6.52. The van der Waals surface area contributed by atoms with Crippen LogP contribution in [0.3, 0.4) is 0 Å². The highest BCUT2D eigenvalue weighted by Crippen LogP contribution is 2.20. The van der Waals surface area contributed by atoms with Crippen LogP contribution in [0.2, 0.25) is 5.02 Å². The van der Waals surface area contributed by atoms with E-state index < -0.39 is 6.09 Å². The number of halogens is 1. The highest BCUT2D eigenvalue weighted by molar-refractivity contribution is 6.30. The molecule has 0 aliphatic heterocycles. The number of carbonyl (C=O) groups excluding carboxylic acids is 1. The summed E-state index contributed by atoms with van der Waals surface area (Å²) in [5.41, 5.74) is 1.14. The van der Waals surface area contributed by atoms with Gasteiger partial charge in [0.1, 0.15) is 0 Å². The molecule has 1 amide bonds. The van der Waals surface area contributed by atoms with Crippen molar-refractivity contribution in [2.75, 3.05) is 33.9 Å². The molecule has 0 radical (unpaired) electrons. The van der Waals surface area contributed by atoms with E-state index in [1.54, 1.807) is 0 Å². The first-order chi connectivity index (χ1) is 9.67. The summed E-state index contributed by atoms with van der Waals surface area (Å²) in [6, 6.07) is 7.96. The molecule has 20 heavy (non-hydrogen) atoms. The van der Waals surface area contributed by atoms with Gasteiger partial charge in [-0.05, 0) is 31.2 Å². The molecule has 0 saturated heterocycles. The Kier molecular flexibility index (Phi) is 8.02. The maximum absolute atomic E-state index is 10.8. The van der Waals surface area contributed by atoms with Gasteiger partial charge in [-0.2, -0.15) is 0 Å². The van der Waals surface area contributed by atoms with Gasteiger partial charge >= 0.3 is 6.09 Å². The van der Waals surface area contributed by atoms with Gasteiger partial charge < -0.3 is 20.1 Å². The number of nitrogens with one attached hydrogen (secondary N) is 2. The topological polar surface area (TPSA) is 59.6 Å². The molecule has 1 aromatic rings. The number of amides is 1. The molecule has 0 aliphatic rings. The standard InChI is InChI=1S/C14H21ClN2O3/c1-16-13(11-4-3-5-12(15)10-11)6-8-20-9-7-17-14(18)19-2/h3-5,10,13,16H,6-9H2,1-2H3,(H,17,18). The Balaban J connectivity index is 2.24. The molecule has 112 valence electrons. The van der Waals surface area contributed by atoms with Gasteiger partial charge in [0.15, 0.2) is 0 Å². The van der Waals surface area contributed by atoms with E-state index in [4.69, 9.17) is 16.3 Å². The van der Waals surface area contributed by atoms with Crippen LogP contribution in [-0.4, -0.2) is 40.0 Å². The number of methoxy groups -OCH3 is 1. The summed E-state index contributed by atoms with van der Waals surface area (Å²) < 4.78 is 9.92. The minimum absolute atomic E-state index is 0.197. The van der Waals surface area contributed by atoms with Crippen LogP contribution in [0.15, 0.2) is 24.3 Å². The smallest absolute Gasteiger partial charge is 0.406 e. The molecule has 1 atom stereocenters. The van der Waals surface area contributed by atoms with E-state index >= 15 is 0 Å². The lowest BCUT2D eigenvalue weighted by atomic mass is 10.0. The fraction of sp³-hybridized carbons (Fsp3) is 0.500. The Bertz CT molecular complexity index is 415. The molecule has 0 spiro atoms.